The van der Waals surface area contributed by atoms with E-state index in [1.807, 2.05) is 0 Å². The fourth-order valence-corrected chi connectivity index (χ4v) is 2.54. The van der Waals surface area contributed by atoms with Crippen molar-refractivity contribution in [2.75, 3.05) is 13.1 Å². The molecular weight excluding hydrogens is 182 g/mol. The molecule has 15 heavy (non-hydrogen) atoms. The van der Waals surface area contributed by atoms with E-state index in [1.54, 1.807) is 0 Å². The summed E-state index contributed by atoms with van der Waals surface area (Å²) in [7, 11) is 0. The highest BCUT2D eigenvalue weighted by atomic mass is 14.8. The molecule has 0 spiro atoms. The summed E-state index contributed by atoms with van der Waals surface area (Å²) in [4.78, 5) is 0. The minimum Gasteiger partial charge on any atom is -0.313 e. The first kappa shape index (κ1) is 10.4. The van der Waals surface area contributed by atoms with Crippen LogP contribution >= 0.6 is 0 Å². The number of nitrogens with one attached hydrogen (secondary N) is 1. The van der Waals surface area contributed by atoms with E-state index >= 15 is 0 Å². The summed E-state index contributed by atoms with van der Waals surface area (Å²) >= 11 is 0. The van der Waals surface area contributed by atoms with Gasteiger partial charge in [0.1, 0.15) is 0 Å². The van der Waals surface area contributed by atoms with Crippen LogP contribution in [0.15, 0.2) is 18.2 Å². The Morgan fingerprint density at radius 3 is 2.27 bits per heavy atom. The van der Waals surface area contributed by atoms with Crippen LogP contribution in [0.4, 0.5) is 0 Å². The van der Waals surface area contributed by atoms with Crippen LogP contribution in [0, 0.1) is 20.8 Å². The van der Waals surface area contributed by atoms with Crippen LogP contribution in [0.2, 0.25) is 0 Å². The number of aryl methyl sites for hydroxylation is 3. The zero-order valence-electron chi connectivity index (χ0n) is 9.85. The Morgan fingerprint density at radius 1 is 1.07 bits per heavy atom. The van der Waals surface area contributed by atoms with E-state index in [4.69, 9.17) is 0 Å². The average molecular weight is 201 g/mol. The van der Waals surface area contributed by atoms with Crippen molar-refractivity contribution in [1.29, 1.82) is 0 Å². The SMILES string of the molecule is Cc1cc(C)c(C2=CCNCC2)c(C)c1. The van der Waals surface area contributed by atoms with Gasteiger partial charge in [0, 0.05) is 6.54 Å². The predicted octanol–water partition coefficient (Wildman–Crippen LogP) is 2.99. The molecular formula is C14H19N. The van der Waals surface area contributed by atoms with E-state index in [9.17, 15) is 0 Å². The molecule has 1 nitrogen and oxygen atoms in total. The van der Waals surface area contributed by atoms with Crippen molar-refractivity contribution in [3.05, 3.63) is 40.5 Å². The number of rotatable bonds is 1. The summed E-state index contributed by atoms with van der Waals surface area (Å²) in [5.74, 6) is 0. The van der Waals surface area contributed by atoms with Crippen LogP contribution < -0.4 is 5.32 Å². The predicted molar refractivity (Wildman–Crippen MR) is 66.1 cm³/mol. The summed E-state index contributed by atoms with van der Waals surface area (Å²) in [5, 5.41) is 3.36. The third kappa shape index (κ3) is 2.13. The molecule has 2 rings (SSSR count). The van der Waals surface area contributed by atoms with Crippen LogP contribution in [-0.2, 0) is 0 Å². The molecule has 1 heterocycles. The van der Waals surface area contributed by atoms with Gasteiger partial charge in [-0.15, -0.1) is 0 Å². The first-order valence-corrected chi connectivity index (χ1v) is 5.66. The second-order valence-corrected chi connectivity index (χ2v) is 4.46. The van der Waals surface area contributed by atoms with Crippen LogP contribution in [-0.4, -0.2) is 13.1 Å². The van der Waals surface area contributed by atoms with Gasteiger partial charge in [0.15, 0.2) is 0 Å². The van der Waals surface area contributed by atoms with Gasteiger partial charge in [0.05, 0.1) is 0 Å². The maximum absolute atomic E-state index is 3.36. The molecule has 0 atom stereocenters. The van der Waals surface area contributed by atoms with Gasteiger partial charge in [-0.25, -0.2) is 0 Å². The Hall–Kier alpha value is -1.08. The highest BCUT2D eigenvalue weighted by Gasteiger charge is 2.10. The zero-order chi connectivity index (χ0) is 10.8. The Bertz CT molecular complexity index is 379. The minimum absolute atomic E-state index is 1.02. The molecule has 80 valence electrons. The lowest BCUT2D eigenvalue weighted by Gasteiger charge is -2.18. The van der Waals surface area contributed by atoms with Crippen LogP contribution in [0.5, 0.6) is 0 Å². The molecule has 0 saturated carbocycles. The van der Waals surface area contributed by atoms with Crippen molar-refractivity contribution in [3.63, 3.8) is 0 Å². The highest BCUT2D eigenvalue weighted by molar-refractivity contribution is 5.72. The first-order chi connectivity index (χ1) is 7.18. The zero-order valence-corrected chi connectivity index (χ0v) is 9.85. The molecule has 1 aliphatic rings. The topological polar surface area (TPSA) is 12.0 Å². The molecule has 1 aromatic rings. The van der Waals surface area contributed by atoms with E-state index < -0.39 is 0 Å². The normalized spacial score (nSPS) is 16.3. The highest BCUT2D eigenvalue weighted by Crippen LogP contribution is 2.27. The maximum atomic E-state index is 3.36. The van der Waals surface area contributed by atoms with E-state index in [2.05, 4.69) is 44.3 Å². The van der Waals surface area contributed by atoms with Gasteiger partial charge in [0.25, 0.3) is 0 Å². The Morgan fingerprint density at radius 2 is 1.73 bits per heavy atom. The molecule has 0 bridgehead atoms. The molecule has 1 aromatic carbocycles. The Labute approximate surface area is 92.2 Å². The minimum atomic E-state index is 1.02. The fourth-order valence-electron chi connectivity index (χ4n) is 2.54. The molecule has 0 saturated heterocycles. The molecule has 1 heteroatoms. The van der Waals surface area contributed by atoms with Gasteiger partial charge in [0.2, 0.25) is 0 Å². The quantitative estimate of drug-likeness (QED) is 0.736. The van der Waals surface area contributed by atoms with Crippen LogP contribution in [0.1, 0.15) is 28.7 Å². The number of hydrogen-bond acceptors (Lipinski definition) is 1. The van der Waals surface area contributed by atoms with Gasteiger partial charge >= 0.3 is 0 Å². The molecule has 0 amide bonds. The lowest BCUT2D eigenvalue weighted by Crippen LogP contribution is -2.20. The summed E-state index contributed by atoms with van der Waals surface area (Å²) in [6.07, 6.45) is 3.49. The first-order valence-electron chi connectivity index (χ1n) is 5.66. The summed E-state index contributed by atoms with van der Waals surface area (Å²) in [6, 6.07) is 4.57. The van der Waals surface area contributed by atoms with Crippen LogP contribution in [0.25, 0.3) is 5.57 Å². The van der Waals surface area contributed by atoms with Crippen molar-refractivity contribution < 1.29 is 0 Å². The molecule has 1 aliphatic heterocycles. The smallest absolute Gasteiger partial charge is 0.0140 e. The fraction of sp³-hybridized carbons (Fsp3) is 0.429. The number of hydrogen-bond donors (Lipinski definition) is 1. The summed E-state index contributed by atoms with van der Waals surface area (Å²) in [5.41, 5.74) is 7.19. The average Bonchev–Trinajstić information content (AvgIpc) is 2.17. The van der Waals surface area contributed by atoms with Crippen molar-refractivity contribution in [2.24, 2.45) is 0 Å². The summed E-state index contributed by atoms with van der Waals surface area (Å²) < 4.78 is 0. The second kappa shape index (κ2) is 4.19. The second-order valence-electron chi connectivity index (χ2n) is 4.46. The van der Waals surface area contributed by atoms with Crippen LogP contribution in [0.3, 0.4) is 0 Å². The molecule has 0 radical (unpaired) electrons. The monoisotopic (exact) mass is 201 g/mol. The van der Waals surface area contributed by atoms with Gasteiger partial charge in [-0.05, 0) is 56.0 Å². The van der Waals surface area contributed by atoms with E-state index in [1.165, 1.54) is 27.8 Å². The van der Waals surface area contributed by atoms with Crippen molar-refractivity contribution in [2.45, 2.75) is 27.2 Å². The molecule has 0 unspecified atom stereocenters. The summed E-state index contributed by atoms with van der Waals surface area (Å²) in [6.45, 7) is 8.73. The molecule has 0 aromatic heterocycles. The van der Waals surface area contributed by atoms with Crippen molar-refractivity contribution in [1.82, 2.24) is 5.32 Å². The maximum Gasteiger partial charge on any atom is 0.0140 e. The lowest BCUT2D eigenvalue weighted by molar-refractivity contribution is 0.738. The molecule has 0 fully saturated rings. The Balaban J connectivity index is 2.47. The van der Waals surface area contributed by atoms with Gasteiger partial charge in [-0.3, -0.25) is 0 Å². The van der Waals surface area contributed by atoms with Gasteiger partial charge in [-0.1, -0.05) is 23.8 Å². The third-order valence-corrected chi connectivity index (χ3v) is 3.06. The van der Waals surface area contributed by atoms with E-state index in [-0.39, 0.29) is 0 Å². The van der Waals surface area contributed by atoms with Gasteiger partial charge < -0.3 is 5.32 Å². The molecule has 1 N–H and O–H groups in total. The van der Waals surface area contributed by atoms with E-state index in [0.717, 1.165) is 19.5 Å². The van der Waals surface area contributed by atoms with Crippen molar-refractivity contribution in [3.8, 4) is 0 Å². The van der Waals surface area contributed by atoms with Crippen molar-refractivity contribution >= 4 is 5.57 Å². The standard InChI is InChI=1S/C14H19N/c1-10-8-11(2)14(12(3)9-10)13-4-6-15-7-5-13/h4,8-9,15H,5-7H2,1-3H3. The largest absolute Gasteiger partial charge is 0.313 e. The lowest BCUT2D eigenvalue weighted by atomic mass is 9.91. The molecule has 0 aliphatic carbocycles. The Kier molecular flexibility index (Phi) is 2.92. The van der Waals surface area contributed by atoms with E-state index in [0.29, 0.717) is 0 Å². The third-order valence-electron chi connectivity index (χ3n) is 3.06. The van der Waals surface area contributed by atoms with Gasteiger partial charge in [-0.2, -0.15) is 0 Å². The number of benzene rings is 1.